The molecule has 0 bridgehead atoms. The first-order chi connectivity index (χ1) is 7.69. The van der Waals surface area contributed by atoms with Crippen molar-refractivity contribution in [3.8, 4) is 6.07 Å². The second-order valence-electron chi connectivity index (χ2n) is 4.53. The molecule has 2 rings (SSSR count). The number of nitriles is 1. The van der Waals surface area contributed by atoms with Gasteiger partial charge in [0.05, 0.1) is 17.4 Å². The molecule has 0 saturated heterocycles. The Balaban J connectivity index is 1.98. The maximum atomic E-state index is 9.18. The van der Waals surface area contributed by atoms with Gasteiger partial charge < -0.3 is 10.4 Å². The molecule has 1 aliphatic rings. The van der Waals surface area contributed by atoms with Gasteiger partial charge in [0.2, 0.25) is 0 Å². The minimum atomic E-state index is -0.111. The van der Waals surface area contributed by atoms with E-state index in [-0.39, 0.29) is 6.10 Å². The Morgan fingerprint density at radius 3 is 2.88 bits per heavy atom. The van der Waals surface area contributed by atoms with Crippen LogP contribution in [0.2, 0.25) is 0 Å². The molecule has 1 aromatic rings. The van der Waals surface area contributed by atoms with E-state index in [0.717, 1.165) is 30.6 Å². The maximum Gasteiger partial charge on any atom is 0.101 e. The zero-order chi connectivity index (χ0) is 11.5. The van der Waals surface area contributed by atoms with Gasteiger partial charge in [-0.25, -0.2) is 0 Å². The number of nitrogens with zero attached hydrogens (tertiary/aromatic N) is 1. The van der Waals surface area contributed by atoms with Gasteiger partial charge in [-0.3, -0.25) is 0 Å². The standard InChI is InChI=1S/C13H16N2O/c1-9-2-3-11(7-14)13(4-9)15-8-10-5-12(16)6-10/h2-4,10,12,15-16H,5-6,8H2,1H3. The zero-order valence-electron chi connectivity index (χ0n) is 9.40. The van der Waals surface area contributed by atoms with Gasteiger partial charge >= 0.3 is 0 Å². The third-order valence-corrected chi connectivity index (χ3v) is 3.09. The number of aliphatic hydroxyl groups excluding tert-OH is 1. The molecule has 1 aromatic carbocycles. The number of aliphatic hydroxyl groups is 1. The quantitative estimate of drug-likeness (QED) is 0.813. The maximum absolute atomic E-state index is 9.18. The lowest BCUT2D eigenvalue weighted by molar-refractivity contribution is 0.0487. The van der Waals surface area contributed by atoms with Crippen LogP contribution in [-0.4, -0.2) is 17.8 Å². The fourth-order valence-corrected chi connectivity index (χ4v) is 2.02. The average Bonchev–Trinajstić information content (AvgIpc) is 2.23. The van der Waals surface area contributed by atoms with E-state index in [1.807, 2.05) is 25.1 Å². The molecule has 0 unspecified atom stereocenters. The van der Waals surface area contributed by atoms with Crippen LogP contribution in [0.3, 0.4) is 0 Å². The number of rotatable bonds is 3. The number of nitrogens with one attached hydrogen (secondary N) is 1. The van der Waals surface area contributed by atoms with Crippen LogP contribution in [0.4, 0.5) is 5.69 Å². The summed E-state index contributed by atoms with van der Waals surface area (Å²) >= 11 is 0. The van der Waals surface area contributed by atoms with E-state index < -0.39 is 0 Å². The first-order valence-corrected chi connectivity index (χ1v) is 5.61. The Kier molecular flexibility index (Phi) is 3.12. The van der Waals surface area contributed by atoms with Crippen LogP contribution in [-0.2, 0) is 0 Å². The lowest BCUT2D eigenvalue weighted by atomic mass is 9.82. The van der Waals surface area contributed by atoms with E-state index in [9.17, 15) is 5.11 Å². The second-order valence-corrected chi connectivity index (χ2v) is 4.53. The lowest BCUT2D eigenvalue weighted by Gasteiger charge is -2.31. The summed E-state index contributed by atoms with van der Waals surface area (Å²) in [5, 5.41) is 21.4. The third-order valence-electron chi connectivity index (χ3n) is 3.09. The molecule has 1 aliphatic carbocycles. The summed E-state index contributed by atoms with van der Waals surface area (Å²) in [6.45, 7) is 2.86. The second kappa shape index (κ2) is 4.54. The Hall–Kier alpha value is -1.53. The minimum absolute atomic E-state index is 0.111. The first kappa shape index (κ1) is 11.0. The molecule has 1 saturated carbocycles. The largest absolute Gasteiger partial charge is 0.393 e. The summed E-state index contributed by atoms with van der Waals surface area (Å²) in [6.07, 6.45) is 1.64. The molecular weight excluding hydrogens is 200 g/mol. The highest BCUT2D eigenvalue weighted by atomic mass is 16.3. The topological polar surface area (TPSA) is 56.0 Å². The van der Waals surface area contributed by atoms with E-state index in [1.54, 1.807) is 0 Å². The van der Waals surface area contributed by atoms with Crippen molar-refractivity contribution in [1.82, 2.24) is 0 Å². The Morgan fingerprint density at radius 2 is 2.25 bits per heavy atom. The molecule has 16 heavy (non-hydrogen) atoms. The number of hydrogen-bond acceptors (Lipinski definition) is 3. The van der Waals surface area contributed by atoms with E-state index in [4.69, 9.17) is 5.26 Å². The van der Waals surface area contributed by atoms with Crippen LogP contribution in [0.1, 0.15) is 24.0 Å². The van der Waals surface area contributed by atoms with E-state index in [0.29, 0.717) is 11.5 Å². The lowest BCUT2D eigenvalue weighted by Crippen LogP contribution is -2.33. The van der Waals surface area contributed by atoms with Gasteiger partial charge in [0.25, 0.3) is 0 Å². The molecular formula is C13H16N2O. The minimum Gasteiger partial charge on any atom is -0.393 e. The van der Waals surface area contributed by atoms with Crippen molar-refractivity contribution in [3.63, 3.8) is 0 Å². The van der Waals surface area contributed by atoms with Gasteiger partial charge in [0, 0.05) is 6.54 Å². The van der Waals surface area contributed by atoms with Crippen LogP contribution in [0.15, 0.2) is 18.2 Å². The molecule has 0 amide bonds. The predicted octanol–water partition coefficient (Wildman–Crippen LogP) is 2.05. The zero-order valence-corrected chi connectivity index (χ0v) is 9.40. The monoisotopic (exact) mass is 216 g/mol. The van der Waals surface area contributed by atoms with Crippen molar-refractivity contribution < 1.29 is 5.11 Å². The molecule has 3 heteroatoms. The normalized spacial score (nSPS) is 23.3. The van der Waals surface area contributed by atoms with Crippen molar-refractivity contribution in [1.29, 1.82) is 5.26 Å². The smallest absolute Gasteiger partial charge is 0.101 e. The van der Waals surface area contributed by atoms with E-state index >= 15 is 0 Å². The van der Waals surface area contributed by atoms with Gasteiger partial charge in [-0.2, -0.15) is 5.26 Å². The van der Waals surface area contributed by atoms with Crippen molar-refractivity contribution in [2.45, 2.75) is 25.9 Å². The third kappa shape index (κ3) is 2.34. The van der Waals surface area contributed by atoms with Crippen molar-refractivity contribution in [2.75, 3.05) is 11.9 Å². The van der Waals surface area contributed by atoms with Gasteiger partial charge in [-0.1, -0.05) is 6.07 Å². The molecule has 84 valence electrons. The predicted molar refractivity (Wildman–Crippen MR) is 63.1 cm³/mol. The molecule has 1 fully saturated rings. The van der Waals surface area contributed by atoms with Crippen molar-refractivity contribution in [2.24, 2.45) is 5.92 Å². The van der Waals surface area contributed by atoms with Crippen molar-refractivity contribution in [3.05, 3.63) is 29.3 Å². The summed E-state index contributed by atoms with van der Waals surface area (Å²) in [5.41, 5.74) is 2.74. The highest BCUT2D eigenvalue weighted by molar-refractivity contribution is 5.58. The van der Waals surface area contributed by atoms with Gasteiger partial charge in [-0.15, -0.1) is 0 Å². The summed E-state index contributed by atoms with van der Waals surface area (Å²) < 4.78 is 0. The summed E-state index contributed by atoms with van der Waals surface area (Å²) in [4.78, 5) is 0. The van der Waals surface area contributed by atoms with Crippen LogP contribution in [0.5, 0.6) is 0 Å². The van der Waals surface area contributed by atoms with Crippen LogP contribution in [0.25, 0.3) is 0 Å². The van der Waals surface area contributed by atoms with Crippen LogP contribution in [0, 0.1) is 24.2 Å². The number of hydrogen-bond donors (Lipinski definition) is 2. The summed E-state index contributed by atoms with van der Waals surface area (Å²) in [6, 6.07) is 7.96. The molecule has 3 nitrogen and oxygen atoms in total. The van der Waals surface area contributed by atoms with Crippen LogP contribution < -0.4 is 5.32 Å². The Morgan fingerprint density at radius 1 is 1.50 bits per heavy atom. The van der Waals surface area contributed by atoms with Gasteiger partial charge in [0.15, 0.2) is 0 Å². The van der Waals surface area contributed by atoms with Crippen LogP contribution >= 0.6 is 0 Å². The average molecular weight is 216 g/mol. The van der Waals surface area contributed by atoms with Crippen molar-refractivity contribution >= 4 is 5.69 Å². The number of anilines is 1. The fourth-order valence-electron chi connectivity index (χ4n) is 2.02. The highest BCUT2D eigenvalue weighted by Crippen LogP contribution is 2.28. The molecule has 0 radical (unpaired) electrons. The molecule has 0 spiro atoms. The molecule has 2 N–H and O–H groups in total. The number of aryl methyl sites for hydroxylation is 1. The van der Waals surface area contributed by atoms with E-state index in [1.165, 1.54) is 0 Å². The molecule has 0 aliphatic heterocycles. The SMILES string of the molecule is Cc1ccc(C#N)c(NCC2CC(O)C2)c1. The van der Waals surface area contributed by atoms with E-state index in [2.05, 4.69) is 11.4 Å². The Labute approximate surface area is 95.7 Å². The highest BCUT2D eigenvalue weighted by Gasteiger charge is 2.26. The Bertz CT molecular complexity index is 416. The van der Waals surface area contributed by atoms with Gasteiger partial charge in [-0.05, 0) is 43.4 Å². The first-order valence-electron chi connectivity index (χ1n) is 5.61. The molecule has 0 atom stereocenters. The fraction of sp³-hybridized carbons (Fsp3) is 0.462. The summed E-state index contributed by atoms with van der Waals surface area (Å²) in [7, 11) is 0. The van der Waals surface area contributed by atoms with Gasteiger partial charge in [0.1, 0.15) is 6.07 Å². The molecule has 0 heterocycles. The molecule has 0 aromatic heterocycles. The number of benzene rings is 1. The summed E-state index contributed by atoms with van der Waals surface area (Å²) in [5.74, 6) is 0.544.